The van der Waals surface area contributed by atoms with E-state index in [0.717, 1.165) is 5.56 Å². The standard InChI is InChI=1S/C15H20N2O3/c1-4-17(9-10-5-7-16-8-6-10)13(18)11-12(14(19)20)15(11,2)3/h5-8,11-12H,4,9H2,1-3H3,(H,19,20)/t11-,12+/m1/s1. The van der Waals surface area contributed by atoms with Crippen molar-refractivity contribution in [3.63, 3.8) is 0 Å². The average Bonchev–Trinajstić information content (AvgIpc) is 2.99. The zero-order valence-corrected chi connectivity index (χ0v) is 12.0. The number of aliphatic carboxylic acids is 1. The number of carboxylic acid groups (broad SMARTS) is 1. The lowest BCUT2D eigenvalue weighted by Gasteiger charge is -2.21. The number of rotatable bonds is 5. The van der Waals surface area contributed by atoms with E-state index in [9.17, 15) is 14.7 Å². The molecule has 1 aromatic rings. The monoisotopic (exact) mass is 276 g/mol. The molecule has 108 valence electrons. The molecule has 20 heavy (non-hydrogen) atoms. The highest BCUT2D eigenvalue weighted by Crippen LogP contribution is 2.59. The molecule has 0 unspecified atom stereocenters. The summed E-state index contributed by atoms with van der Waals surface area (Å²) in [5.41, 5.74) is 0.551. The van der Waals surface area contributed by atoms with Crippen LogP contribution in [0.4, 0.5) is 0 Å². The van der Waals surface area contributed by atoms with Gasteiger partial charge in [-0.3, -0.25) is 14.6 Å². The minimum Gasteiger partial charge on any atom is -0.481 e. The second-order valence-corrected chi connectivity index (χ2v) is 5.82. The van der Waals surface area contributed by atoms with E-state index in [2.05, 4.69) is 4.98 Å². The van der Waals surface area contributed by atoms with E-state index in [1.165, 1.54) is 0 Å². The Bertz CT molecular complexity index is 513. The highest BCUT2D eigenvalue weighted by atomic mass is 16.4. The van der Waals surface area contributed by atoms with Crippen LogP contribution in [0.3, 0.4) is 0 Å². The molecule has 0 bridgehead atoms. The minimum absolute atomic E-state index is 0.0679. The lowest BCUT2D eigenvalue weighted by molar-refractivity contribution is -0.142. The second-order valence-electron chi connectivity index (χ2n) is 5.82. The number of carboxylic acids is 1. The Kier molecular flexibility index (Phi) is 3.79. The molecule has 2 rings (SSSR count). The quantitative estimate of drug-likeness (QED) is 0.890. The Morgan fingerprint density at radius 1 is 1.30 bits per heavy atom. The van der Waals surface area contributed by atoms with Crippen molar-refractivity contribution in [2.45, 2.75) is 27.3 Å². The molecule has 0 aromatic carbocycles. The average molecular weight is 276 g/mol. The van der Waals surface area contributed by atoms with Crippen molar-refractivity contribution in [2.75, 3.05) is 6.54 Å². The van der Waals surface area contributed by atoms with Crippen LogP contribution in [0.25, 0.3) is 0 Å². The normalized spacial score (nSPS) is 23.1. The lowest BCUT2D eigenvalue weighted by atomic mass is 10.1. The molecule has 1 aromatic heterocycles. The number of hydrogen-bond donors (Lipinski definition) is 1. The highest BCUT2D eigenvalue weighted by molar-refractivity contribution is 5.91. The van der Waals surface area contributed by atoms with Crippen molar-refractivity contribution >= 4 is 11.9 Å². The number of amides is 1. The summed E-state index contributed by atoms with van der Waals surface area (Å²) >= 11 is 0. The van der Waals surface area contributed by atoms with Crippen LogP contribution in [0.5, 0.6) is 0 Å². The molecule has 0 aliphatic heterocycles. The Morgan fingerprint density at radius 2 is 1.90 bits per heavy atom. The number of pyridine rings is 1. The summed E-state index contributed by atoms with van der Waals surface area (Å²) < 4.78 is 0. The molecule has 2 atom stereocenters. The van der Waals surface area contributed by atoms with Crippen molar-refractivity contribution in [2.24, 2.45) is 17.3 Å². The van der Waals surface area contributed by atoms with Gasteiger partial charge >= 0.3 is 5.97 Å². The highest BCUT2D eigenvalue weighted by Gasteiger charge is 2.66. The molecular formula is C15H20N2O3. The first-order valence-electron chi connectivity index (χ1n) is 6.80. The van der Waals surface area contributed by atoms with Gasteiger partial charge in [-0.2, -0.15) is 0 Å². The van der Waals surface area contributed by atoms with Gasteiger partial charge in [0, 0.05) is 25.5 Å². The molecule has 1 N–H and O–H groups in total. The van der Waals surface area contributed by atoms with Crippen molar-refractivity contribution in [3.8, 4) is 0 Å². The van der Waals surface area contributed by atoms with E-state index in [1.807, 2.05) is 32.9 Å². The number of carbonyl (C=O) groups is 2. The van der Waals surface area contributed by atoms with Crippen LogP contribution >= 0.6 is 0 Å². The molecular weight excluding hydrogens is 256 g/mol. The van der Waals surface area contributed by atoms with E-state index < -0.39 is 23.2 Å². The fourth-order valence-corrected chi connectivity index (χ4v) is 2.81. The van der Waals surface area contributed by atoms with Gasteiger partial charge in [0.15, 0.2) is 0 Å². The summed E-state index contributed by atoms with van der Waals surface area (Å²) in [6.45, 7) is 6.66. The van der Waals surface area contributed by atoms with Gasteiger partial charge in [0.2, 0.25) is 5.91 Å². The molecule has 5 nitrogen and oxygen atoms in total. The number of hydrogen-bond acceptors (Lipinski definition) is 3. The summed E-state index contributed by atoms with van der Waals surface area (Å²) in [5, 5.41) is 9.17. The fraction of sp³-hybridized carbons (Fsp3) is 0.533. The maximum atomic E-state index is 12.5. The third kappa shape index (κ3) is 2.53. The predicted octanol–water partition coefficient (Wildman–Crippen LogP) is 1.79. The van der Waals surface area contributed by atoms with Crippen LogP contribution in [0.2, 0.25) is 0 Å². The zero-order valence-electron chi connectivity index (χ0n) is 12.0. The van der Waals surface area contributed by atoms with E-state index in [-0.39, 0.29) is 5.91 Å². The van der Waals surface area contributed by atoms with Gasteiger partial charge in [0.05, 0.1) is 11.8 Å². The topological polar surface area (TPSA) is 70.5 Å². The Hall–Kier alpha value is -1.91. The van der Waals surface area contributed by atoms with Crippen LogP contribution in [-0.2, 0) is 16.1 Å². The van der Waals surface area contributed by atoms with Crippen LogP contribution in [-0.4, -0.2) is 33.4 Å². The molecule has 1 heterocycles. The lowest BCUT2D eigenvalue weighted by Crippen LogP contribution is -2.33. The predicted molar refractivity (Wildman–Crippen MR) is 73.7 cm³/mol. The maximum absolute atomic E-state index is 12.5. The summed E-state index contributed by atoms with van der Waals surface area (Å²) in [6, 6.07) is 3.73. The SMILES string of the molecule is CCN(Cc1ccncc1)C(=O)[C@H]1[C@@H](C(=O)O)C1(C)C. The number of carbonyl (C=O) groups excluding carboxylic acids is 1. The first-order valence-corrected chi connectivity index (χ1v) is 6.80. The molecule has 1 aliphatic carbocycles. The van der Waals surface area contributed by atoms with Gasteiger partial charge < -0.3 is 10.0 Å². The first-order chi connectivity index (χ1) is 9.39. The van der Waals surface area contributed by atoms with Gasteiger partial charge in [-0.1, -0.05) is 13.8 Å². The molecule has 1 amide bonds. The Labute approximate surface area is 118 Å². The first kappa shape index (κ1) is 14.5. The van der Waals surface area contributed by atoms with Gasteiger partial charge in [0.1, 0.15) is 0 Å². The smallest absolute Gasteiger partial charge is 0.307 e. The number of aromatic nitrogens is 1. The zero-order chi connectivity index (χ0) is 14.9. The molecule has 5 heteroatoms. The van der Waals surface area contributed by atoms with Crippen molar-refractivity contribution in [1.29, 1.82) is 0 Å². The summed E-state index contributed by atoms with van der Waals surface area (Å²) in [6.07, 6.45) is 3.38. The van der Waals surface area contributed by atoms with Crippen LogP contribution < -0.4 is 0 Å². The van der Waals surface area contributed by atoms with Gasteiger partial charge in [-0.15, -0.1) is 0 Å². The summed E-state index contributed by atoms with van der Waals surface area (Å²) in [7, 11) is 0. The van der Waals surface area contributed by atoms with E-state index in [0.29, 0.717) is 13.1 Å². The van der Waals surface area contributed by atoms with E-state index in [1.54, 1.807) is 17.3 Å². The molecule has 0 radical (unpaired) electrons. The van der Waals surface area contributed by atoms with Crippen molar-refractivity contribution in [1.82, 2.24) is 9.88 Å². The van der Waals surface area contributed by atoms with E-state index >= 15 is 0 Å². The van der Waals surface area contributed by atoms with Gasteiger partial charge in [-0.25, -0.2) is 0 Å². The molecule has 1 fully saturated rings. The van der Waals surface area contributed by atoms with Gasteiger partial charge in [-0.05, 0) is 30.0 Å². The molecule has 0 spiro atoms. The van der Waals surface area contributed by atoms with Crippen molar-refractivity contribution < 1.29 is 14.7 Å². The molecule has 0 saturated heterocycles. The minimum atomic E-state index is -0.881. The van der Waals surface area contributed by atoms with Crippen LogP contribution in [0.15, 0.2) is 24.5 Å². The van der Waals surface area contributed by atoms with Crippen LogP contribution in [0.1, 0.15) is 26.3 Å². The Balaban J connectivity index is 2.09. The third-order valence-corrected chi connectivity index (χ3v) is 4.18. The molecule has 1 aliphatic rings. The summed E-state index contributed by atoms with van der Waals surface area (Å²) in [5.74, 6) is -1.93. The van der Waals surface area contributed by atoms with E-state index in [4.69, 9.17) is 0 Å². The second kappa shape index (κ2) is 5.23. The van der Waals surface area contributed by atoms with Crippen LogP contribution in [0, 0.1) is 17.3 Å². The largest absolute Gasteiger partial charge is 0.481 e. The van der Waals surface area contributed by atoms with Crippen molar-refractivity contribution in [3.05, 3.63) is 30.1 Å². The Morgan fingerprint density at radius 3 is 2.35 bits per heavy atom. The fourth-order valence-electron chi connectivity index (χ4n) is 2.81. The third-order valence-electron chi connectivity index (χ3n) is 4.18. The maximum Gasteiger partial charge on any atom is 0.307 e. The summed E-state index contributed by atoms with van der Waals surface area (Å²) in [4.78, 5) is 29.4. The number of nitrogens with zero attached hydrogens (tertiary/aromatic N) is 2. The molecule has 1 saturated carbocycles. The van der Waals surface area contributed by atoms with Gasteiger partial charge in [0.25, 0.3) is 0 Å².